The molecule has 0 unspecified atom stereocenters. The molecule has 0 amide bonds. The van der Waals surface area contributed by atoms with Gasteiger partial charge in [0.1, 0.15) is 0 Å². The van der Waals surface area contributed by atoms with Crippen molar-refractivity contribution >= 4 is 6.08 Å². The highest BCUT2D eigenvalue weighted by Gasteiger charge is 2.04. The van der Waals surface area contributed by atoms with E-state index in [4.69, 9.17) is 4.74 Å². The molecule has 0 aliphatic carbocycles. The van der Waals surface area contributed by atoms with Gasteiger partial charge < -0.3 is 10.1 Å². The maximum atomic E-state index is 13.6. The van der Waals surface area contributed by atoms with Crippen molar-refractivity contribution in [2.45, 2.75) is 6.42 Å². The molecule has 1 aromatic rings. The molecule has 3 heteroatoms. The first-order valence-corrected chi connectivity index (χ1v) is 4.93. The summed E-state index contributed by atoms with van der Waals surface area (Å²) in [5, 5.41) is 3.02. The summed E-state index contributed by atoms with van der Waals surface area (Å²) in [5.74, 6) is -0.0218. The highest BCUT2D eigenvalue weighted by Crippen LogP contribution is 2.20. The molecular formula is C12H16FNO. The van der Waals surface area contributed by atoms with Gasteiger partial charge in [-0.1, -0.05) is 24.3 Å². The molecule has 1 aromatic carbocycles. The average molecular weight is 209 g/mol. The normalized spacial score (nSPS) is 10.9. The molecule has 0 fully saturated rings. The largest absolute Gasteiger partial charge is 0.494 e. The lowest BCUT2D eigenvalue weighted by atomic mass is 10.1. The first-order valence-electron chi connectivity index (χ1n) is 4.93. The molecule has 0 saturated heterocycles. The standard InChI is InChI=1S/C12H16FNO/c1-14-9-4-3-6-10-7-5-8-11(15-2)12(10)13/h3,5-8,14H,4,9H2,1-2H3/b6-3+. The van der Waals surface area contributed by atoms with E-state index in [1.165, 1.54) is 7.11 Å². The highest BCUT2D eigenvalue weighted by molar-refractivity contribution is 5.52. The first-order chi connectivity index (χ1) is 7.29. The van der Waals surface area contributed by atoms with Crippen molar-refractivity contribution in [3.8, 4) is 5.75 Å². The van der Waals surface area contributed by atoms with Crippen LogP contribution in [0.5, 0.6) is 5.75 Å². The molecule has 0 bridgehead atoms. The van der Waals surface area contributed by atoms with E-state index < -0.39 is 0 Å². The predicted octanol–water partition coefficient (Wildman–Crippen LogP) is 2.46. The van der Waals surface area contributed by atoms with Gasteiger partial charge in [0.2, 0.25) is 0 Å². The van der Waals surface area contributed by atoms with Crippen LogP contribution in [0.15, 0.2) is 24.3 Å². The summed E-state index contributed by atoms with van der Waals surface area (Å²) in [6, 6.07) is 5.12. The lowest BCUT2D eigenvalue weighted by Gasteiger charge is -2.03. The van der Waals surface area contributed by atoms with Gasteiger partial charge in [0, 0.05) is 5.56 Å². The number of hydrogen-bond donors (Lipinski definition) is 1. The highest BCUT2D eigenvalue weighted by atomic mass is 19.1. The van der Waals surface area contributed by atoms with Crippen molar-refractivity contribution in [2.24, 2.45) is 0 Å². The summed E-state index contributed by atoms with van der Waals surface area (Å²) in [4.78, 5) is 0. The fourth-order valence-electron chi connectivity index (χ4n) is 1.25. The zero-order chi connectivity index (χ0) is 11.1. The van der Waals surface area contributed by atoms with Crippen LogP contribution in [0.4, 0.5) is 4.39 Å². The van der Waals surface area contributed by atoms with Gasteiger partial charge in [-0.25, -0.2) is 4.39 Å². The van der Waals surface area contributed by atoms with Crippen LogP contribution in [0, 0.1) is 5.82 Å². The van der Waals surface area contributed by atoms with Gasteiger partial charge in [-0.15, -0.1) is 0 Å². The van der Waals surface area contributed by atoms with E-state index >= 15 is 0 Å². The Morgan fingerprint density at radius 1 is 1.47 bits per heavy atom. The van der Waals surface area contributed by atoms with Crippen LogP contribution in [0.1, 0.15) is 12.0 Å². The van der Waals surface area contributed by atoms with Crippen LogP contribution >= 0.6 is 0 Å². The summed E-state index contributed by atoms with van der Waals surface area (Å²) < 4.78 is 18.5. The molecule has 1 N–H and O–H groups in total. The molecule has 0 saturated carbocycles. The third-order valence-corrected chi connectivity index (χ3v) is 2.07. The molecule has 0 atom stereocenters. The molecular weight excluding hydrogens is 193 g/mol. The molecule has 2 nitrogen and oxygen atoms in total. The number of rotatable bonds is 5. The van der Waals surface area contributed by atoms with Crippen LogP contribution in [-0.4, -0.2) is 20.7 Å². The van der Waals surface area contributed by atoms with Crippen molar-refractivity contribution in [2.75, 3.05) is 20.7 Å². The van der Waals surface area contributed by atoms with E-state index in [-0.39, 0.29) is 11.6 Å². The Morgan fingerprint density at radius 2 is 2.27 bits per heavy atom. The maximum Gasteiger partial charge on any atom is 0.172 e. The van der Waals surface area contributed by atoms with Crippen LogP contribution in [-0.2, 0) is 0 Å². The van der Waals surface area contributed by atoms with Gasteiger partial charge in [0.15, 0.2) is 11.6 Å². The maximum absolute atomic E-state index is 13.6. The minimum absolute atomic E-state index is 0.283. The van der Waals surface area contributed by atoms with Crippen molar-refractivity contribution in [1.29, 1.82) is 0 Å². The Kier molecular flexibility index (Phi) is 4.84. The third kappa shape index (κ3) is 3.36. The molecule has 0 heterocycles. The van der Waals surface area contributed by atoms with Crippen LogP contribution in [0.2, 0.25) is 0 Å². The van der Waals surface area contributed by atoms with E-state index in [9.17, 15) is 4.39 Å². The number of ether oxygens (including phenoxy) is 1. The first kappa shape index (κ1) is 11.7. The fraction of sp³-hybridized carbons (Fsp3) is 0.333. The molecule has 0 aromatic heterocycles. The van der Waals surface area contributed by atoms with Gasteiger partial charge >= 0.3 is 0 Å². The molecule has 0 aliphatic rings. The van der Waals surface area contributed by atoms with Gasteiger partial charge in [0.25, 0.3) is 0 Å². The minimum Gasteiger partial charge on any atom is -0.494 e. The second-order valence-electron chi connectivity index (χ2n) is 3.16. The third-order valence-electron chi connectivity index (χ3n) is 2.07. The Balaban J connectivity index is 2.72. The molecule has 15 heavy (non-hydrogen) atoms. The second kappa shape index (κ2) is 6.19. The van der Waals surface area contributed by atoms with Crippen molar-refractivity contribution in [1.82, 2.24) is 5.32 Å². The van der Waals surface area contributed by atoms with Gasteiger partial charge in [-0.05, 0) is 26.1 Å². The van der Waals surface area contributed by atoms with E-state index in [1.54, 1.807) is 24.3 Å². The van der Waals surface area contributed by atoms with E-state index in [2.05, 4.69) is 5.32 Å². The number of halogens is 1. The summed E-state index contributed by atoms with van der Waals surface area (Å²) in [7, 11) is 3.35. The summed E-state index contributed by atoms with van der Waals surface area (Å²) in [6.07, 6.45) is 4.59. The Morgan fingerprint density at radius 3 is 2.93 bits per heavy atom. The molecule has 0 spiro atoms. The lowest BCUT2D eigenvalue weighted by molar-refractivity contribution is 0.386. The zero-order valence-electron chi connectivity index (χ0n) is 9.09. The SMILES string of the molecule is CNCC/C=C/c1cccc(OC)c1F. The summed E-state index contributed by atoms with van der Waals surface area (Å²) >= 11 is 0. The van der Waals surface area contributed by atoms with Gasteiger partial charge in [0.05, 0.1) is 7.11 Å². The average Bonchev–Trinajstić information content (AvgIpc) is 2.26. The molecule has 1 rings (SSSR count). The zero-order valence-corrected chi connectivity index (χ0v) is 9.09. The smallest absolute Gasteiger partial charge is 0.172 e. The minimum atomic E-state index is -0.305. The van der Waals surface area contributed by atoms with Gasteiger partial charge in [-0.2, -0.15) is 0 Å². The summed E-state index contributed by atoms with van der Waals surface area (Å²) in [6.45, 7) is 0.891. The Labute approximate surface area is 89.8 Å². The number of nitrogens with one attached hydrogen (secondary N) is 1. The lowest BCUT2D eigenvalue weighted by Crippen LogP contribution is -2.05. The summed E-state index contributed by atoms with van der Waals surface area (Å²) in [5.41, 5.74) is 0.561. The number of benzene rings is 1. The van der Waals surface area contributed by atoms with Crippen LogP contribution < -0.4 is 10.1 Å². The van der Waals surface area contributed by atoms with Crippen LogP contribution in [0.3, 0.4) is 0 Å². The topological polar surface area (TPSA) is 21.3 Å². The van der Waals surface area contributed by atoms with E-state index in [1.807, 2.05) is 13.1 Å². The quantitative estimate of drug-likeness (QED) is 0.752. The van der Waals surface area contributed by atoms with Crippen molar-refractivity contribution < 1.29 is 9.13 Å². The fourth-order valence-corrected chi connectivity index (χ4v) is 1.25. The van der Waals surface area contributed by atoms with Crippen LogP contribution in [0.25, 0.3) is 6.08 Å². The Bertz CT molecular complexity index is 336. The van der Waals surface area contributed by atoms with E-state index in [0.717, 1.165) is 13.0 Å². The Hall–Kier alpha value is -1.35. The number of methoxy groups -OCH3 is 1. The molecule has 82 valence electrons. The van der Waals surface area contributed by atoms with Gasteiger partial charge in [-0.3, -0.25) is 0 Å². The monoisotopic (exact) mass is 209 g/mol. The second-order valence-corrected chi connectivity index (χ2v) is 3.16. The predicted molar refractivity (Wildman–Crippen MR) is 60.5 cm³/mol. The number of hydrogen-bond acceptors (Lipinski definition) is 2. The molecule has 0 radical (unpaired) electrons. The van der Waals surface area contributed by atoms with E-state index in [0.29, 0.717) is 5.56 Å². The van der Waals surface area contributed by atoms with Crippen molar-refractivity contribution in [3.63, 3.8) is 0 Å². The van der Waals surface area contributed by atoms with Crippen molar-refractivity contribution in [3.05, 3.63) is 35.7 Å². The molecule has 0 aliphatic heterocycles.